The van der Waals surface area contributed by atoms with Crippen LogP contribution in [0.1, 0.15) is 0 Å². The van der Waals surface area contributed by atoms with Gasteiger partial charge in [-0.15, -0.1) is 10.2 Å². The normalized spacial score (nSPS) is 12.5. The van der Waals surface area contributed by atoms with E-state index in [0.29, 0.717) is 5.39 Å². The van der Waals surface area contributed by atoms with Crippen molar-refractivity contribution in [3.8, 4) is 11.5 Å². The number of fused-ring (bicyclic) bond motifs is 1. The van der Waals surface area contributed by atoms with Crippen LogP contribution in [0.4, 0.5) is 11.4 Å². The molecule has 3 N–H and O–H groups in total. The number of hydrogen-bond acceptors (Lipinski definition) is 8. The number of phenols is 1. The van der Waals surface area contributed by atoms with Crippen molar-refractivity contribution in [3.63, 3.8) is 0 Å². The molecule has 0 saturated heterocycles. The third-order valence-electron chi connectivity index (χ3n) is 3.92. The average molecular weight is 438 g/mol. The van der Waals surface area contributed by atoms with E-state index >= 15 is 0 Å². The van der Waals surface area contributed by atoms with Crippen molar-refractivity contribution in [1.29, 1.82) is 0 Å². The first-order valence-corrected chi connectivity index (χ1v) is 10.7. The smallest absolute Gasteiger partial charge is 0.300 e. The lowest BCUT2D eigenvalue weighted by Gasteiger charge is -2.09. The van der Waals surface area contributed by atoms with Crippen LogP contribution >= 0.6 is 0 Å². The van der Waals surface area contributed by atoms with Crippen LogP contribution < -0.4 is 4.74 Å². The third-order valence-corrected chi connectivity index (χ3v) is 5.73. The zero-order valence-electron chi connectivity index (χ0n) is 14.7. The van der Waals surface area contributed by atoms with Crippen LogP contribution in [0.2, 0.25) is 0 Å². The molecule has 0 saturated carbocycles. The molecule has 10 nitrogen and oxygen atoms in total. The van der Waals surface area contributed by atoms with Crippen LogP contribution in [0.5, 0.6) is 11.5 Å². The van der Waals surface area contributed by atoms with Gasteiger partial charge >= 0.3 is 0 Å². The van der Waals surface area contributed by atoms with E-state index in [-0.39, 0.29) is 16.8 Å². The van der Waals surface area contributed by atoms with E-state index in [4.69, 9.17) is 4.74 Å². The molecule has 3 aromatic carbocycles. The molecule has 0 spiro atoms. The van der Waals surface area contributed by atoms with Gasteiger partial charge in [0.15, 0.2) is 4.90 Å². The highest BCUT2D eigenvalue weighted by atomic mass is 32.2. The minimum absolute atomic E-state index is 0.124. The van der Waals surface area contributed by atoms with E-state index in [9.17, 15) is 31.0 Å². The molecule has 152 valence electrons. The van der Waals surface area contributed by atoms with Crippen LogP contribution in [0.3, 0.4) is 0 Å². The maximum absolute atomic E-state index is 11.8. The van der Waals surface area contributed by atoms with E-state index in [1.807, 2.05) is 0 Å². The second-order valence-electron chi connectivity index (χ2n) is 5.78. The second kappa shape index (κ2) is 7.40. The summed E-state index contributed by atoms with van der Waals surface area (Å²) in [5, 5.41) is 18.3. The standard InChI is InChI=1S/C17H14N2O8S2/c1-27-11-6-7-13(15(9-11)28(21,22)23)18-19-14-8-10-4-2-3-5-12(10)16(20)17(14)29(24,25)26/h2-9,20H,1H3,(H,21,22,23)(H,24,25,26). The van der Waals surface area contributed by atoms with Crippen molar-refractivity contribution in [2.24, 2.45) is 10.2 Å². The molecule has 29 heavy (non-hydrogen) atoms. The number of hydrogen-bond donors (Lipinski definition) is 3. The van der Waals surface area contributed by atoms with E-state index < -0.39 is 41.5 Å². The van der Waals surface area contributed by atoms with Crippen molar-refractivity contribution >= 4 is 42.4 Å². The number of rotatable bonds is 5. The van der Waals surface area contributed by atoms with Gasteiger partial charge in [-0.2, -0.15) is 16.8 Å². The number of azo groups is 1. The summed E-state index contributed by atoms with van der Waals surface area (Å²) in [5.41, 5.74) is -0.747. The number of phenolic OH excluding ortho intramolecular Hbond substituents is 1. The lowest BCUT2D eigenvalue weighted by molar-refractivity contribution is 0.412. The Hall–Kier alpha value is -3.06. The molecule has 12 heteroatoms. The predicted molar refractivity (Wildman–Crippen MR) is 102 cm³/mol. The Morgan fingerprint density at radius 2 is 1.52 bits per heavy atom. The fourth-order valence-electron chi connectivity index (χ4n) is 2.64. The maximum Gasteiger partial charge on any atom is 0.300 e. The van der Waals surface area contributed by atoms with Crippen LogP contribution in [-0.2, 0) is 20.2 Å². The highest BCUT2D eigenvalue weighted by molar-refractivity contribution is 7.86. The predicted octanol–water partition coefficient (Wildman–Crippen LogP) is 3.46. The zero-order chi connectivity index (χ0) is 21.4. The van der Waals surface area contributed by atoms with E-state index in [0.717, 1.165) is 6.07 Å². The Morgan fingerprint density at radius 1 is 0.862 bits per heavy atom. The van der Waals surface area contributed by atoms with Gasteiger partial charge < -0.3 is 9.84 Å². The van der Waals surface area contributed by atoms with Crippen molar-refractivity contribution in [2.45, 2.75) is 9.79 Å². The van der Waals surface area contributed by atoms with Gasteiger partial charge in [-0.3, -0.25) is 9.11 Å². The first-order valence-electron chi connectivity index (χ1n) is 7.82. The van der Waals surface area contributed by atoms with Crippen LogP contribution in [0, 0.1) is 0 Å². The molecule has 0 fully saturated rings. The van der Waals surface area contributed by atoms with Crippen LogP contribution in [0.25, 0.3) is 10.8 Å². The molecule has 0 aromatic heterocycles. The number of methoxy groups -OCH3 is 1. The number of aromatic hydroxyl groups is 1. The maximum atomic E-state index is 11.8. The second-order valence-corrected chi connectivity index (χ2v) is 8.53. The first kappa shape index (κ1) is 20.7. The van der Waals surface area contributed by atoms with Gasteiger partial charge in [0, 0.05) is 11.5 Å². The Bertz CT molecular complexity index is 1350. The average Bonchev–Trinajstić information content (AvgIpc) is 2.64. The topological polar surface area (TPSA) is 163 Å². The van der Waals surface area contributed by atoms with Crippen molar-refractivity contribution in [1.82, 2.24) is 0 Å². The number of nitrogens with zero attached hydrogens (tertiary/aromatic N) is 2. The molecule has 0 atom stereocenters. The molecular weight excluding hydrogens is 424 g/mol. The fourth-order valence-corrected chi connectivity index (χ4v) is 4.00. The van der Waals surface area contributed by atoms with Crippen molar-refractivity contribution in [2.75, 3.05) is 7.11 Å². The SMILES string of the molecule is COc1ccc(N=Nc2cc3ccccc3c(O)c2S(=O)(=O)O)c(S(=O)(=O)O)c1. The van der Waals surface area contributed by atoms with Gasteiger partial charge in [-0.1, -0.05) is 24.3 Å². The van der Waals surface area contributed by atoms with E-state index in [1.165, 1.54) is 31.4 Å². The first-order chi connectivity index (χ1) is 13.5. The van der Waals surface area contributed by atoms with Crippen LogP contribution in [-0.4, -0.2) is 38.2 Å². The van der Waals surface area contributed by atoms with Gasteiger partial charge in [0.2, 0.25) is 0 Å². The number of benzene rings is 3. The van der Waals surface area contributed by atoms with Gasteiger partial charge in [-0.05, 0) is 23.6 Å². The van der Waals surface area contributed by atoms with Crippen molar-refractivity contribution < 1.29 is 35.8 Å². The fraction of sp³-hybridized carbons (Fsp3) is 0.0588. The summed E-state index contributed by atoms with van der Waals surface area (Å²) < 4.78 is 70.6. The summed E-state index contributed by atoms with van der Waals surface area (Å²) >= 11 is 0. The summed E-state index contributed by atoms with van der Waals surface area (Å²) in [4.78, 5) is -1.51. The van der Waals surface area contributed by atoms with Crippen LogP contribution in [0.15, 0.2) is 68.6 Å². The summed E-state index contributed by atoms with van der Waals surface area (Å²) in [6.45, 7) is 0. The summed E-state index contributed by atoms with van der Waals surface area (Å²) in [6, 6.07) is 11.0. The third kappa shape index (κ3) is 4.19. The summed E-state index contributed by atoms with van der Waals surface area (Å²) in [6.07, 6.45) is 0. The Morgan fingerprint density at radius 3 is 2.14 bits per heavy atom. The quantitative estimate of drug-likeness (QED) is 0.403. The lowest BCUT2D eigenvalue weighted by atomic mass is 10.1. The van der Waals surface area contributed by atoms with E-state index in [2.05, 4.69) is 10.2 Å². The Labute approximate surface area is 165 Å². The van der Waals surface area contributed by atoms with Gasteiger partial charge in [0.25, 0.3) is 20.2 Å². The highest BCUT2D eigenvalue weighted by Gasteiger charge is 2.24. The van der Waals surface area contributed by atoms with E-state index in [1.54, 1.807) is 18.2 Å². The molecule has 0 aliphatic carbocycles. The molecule has 0 aliphatic heterocycles. The molecule has 3 aromatic rings. The lowest BCUT2D eigenvalue weighted by Crippen LogP contribution is -2.00. The molecule has 0 radical (unpaired) electrons. The minimum atomic E-state index is -4.90. The zero-order valence-corrected chi connectivity index (χ0v) is 16.3. The molecule has 0 aliphatic rings. The minimum Gasteiger partial charge on any atom is -0.506 e. The highest BCUT2D eigenvalue weighted by Crippen LogP contribution is 2.40. The summed E-state index contributed by atoms with van der Waals surface area (Å²) in [7, 11) is -8.31. The Balaban J connectivity index is 2.25. The van der Waals surface area contributed by atoms with Gasteiger partial charge in [0.1, 0.15) is 27.8 Å². The monoisotopic (exact) mass is 438 g/mol. The molecule has 0 amide bonds. The molecular formula is C17H14N2O8S2. The molecule has 0 bridgehead atoms. The molecule has 0 unspecified atom stereocenters. The Kier molecular flexibility index (Phi) is 5.28. The number of ether oxygens (including phenoxy) is 1. The van der Waals surface area contributed by atoms with Crippen molar-refractivity contribution in [3.05, 3.63) is 48.5 Å². The largest absolute Gasteiger partial charge is 0.506 e. The molecule has 0 heterocycles. The molecule has 3 rings (SSSR count). The van der Waals surface area contributed by atoms with Gasteiger partial charge in [-0.25, -0.2) is 0 Å². The summed E-state index contributed by atoms with van der Waals surface area (Å²) in [5.74, 6) is -0.608. The van der Waals surface area contributed by atoms with Gasteiger partial charge in [0.05, 0.1) is 7.11 Å².